The Morgan fingerprint density at radius 1 is 1.39 bits per heavy atom. The van der Waals surface area contributed by atoms with E-state index in [9.17, 15) is 9.59 Å². The molecule has 5 heteroatoms. The second-order valence-corrected chi connectivity index (χ2v) is 4.15. The Labute approximate surface area is 105 Å². The van der Waals surface area contributed by atoms with E-state index in [0.717, 1.165) is 12.8 Å². The maximum Gasteiger partial charge on any atom is 0.338 e. The Hall–Kier alpha value is -2.04. The Bertz CT molecular complexity index is 454. The van der Waals surface area contributed by atoms with Gasteiger partial charge in [-0.3, -0.25) is 4.79 Å². The number of esters is 1. The highest BCUT2D eigenvalue weighted by atomic mass is 16.5. The zero-order chi connectivity index (χ0) is 13.0. The van der Waals surface area contributed by atoms with Crippen LogP contribution in [-0.4, -0.2) is 31.6 Å². The van der Waals surface area contributed by atoms with Crippen LogP contribution in [0.2, 0.25) is 0 Å². The first-order chi connectivity index (χ1) is 8.69. The zero-order valence-corrected chi connectivity index (χ0v) is 10.1. The number of amides is 1. The Balaban J connectivity index is 1.84. The number of methoxy groups -OCH3 is 1. The molecule has 1 aromatic carbocycles. The number of nitrogens with one attached hydrogen (secondary N) is 1. The van der Waals surface area contributed by atoms with Gasteiger partial charge in [-0.15, -0.1) is 0 Å². The van der Waals surface area contributed by atoms with E-state index < -0.39 is 5.97 Å². The van der Waals surface area contributed by atoms with Gasteiger partial charge < -0.3 is 14.8 Å². The molecule has 0 spiro atoms. The van der Waals surface area contributed by atoms with Gasteiger partial charge in [0.2, 0.25) is 0 Å². The van der Waals surface area contributed by atoms with Crippen molar-refractivity contribution in [2.24, 2.45) is 0 Å². The zero-order valence-electron chi connectivity index (χ0n) is 10.1. The molecule has 1 aliphatic carbocycles. The molecule has 0 unspecified atom stereocenters. The lowest BCUT2D eigenvalue weighted by atomic mass is 10.2. The van der Waals surface area contributed by atoms with Crippen molar-refractivity contribution in [3.8, 4) is 5.75 Å². The van der Waals surface area contributed by atoms with Crippen LogP contribution in [-0.2, 0) is 9.53 Å². The molecule has 0 radical (unpaired) electrons. The molecule has 1 aliphatic rings. The van der Waals surface area contributed by atoms with Crippen LogP contribution < -0.4 is 10.1 Å². The third-order valence-electron chi connectivity index (χ3n) is 2.58. The summed E-state index contributed by atoms with van der Waals surface area (Å²) in [6, 6.07) is 6.88. The molecule has 96 valence electrons. The average molecular weight is 249 g/mol. The molecule has 5 nitrogen and oxygen atoms in total. The van der Waals surface area contributed by atoms with E-state index in [4.69, 9.17) is 9.47 Å². The fourth-order valence-electron chi connectivity index (χ4n) is 1.46. The van der Waals surface area contributed by atoms with Gasteiger partial charge >= 0.3 is 5.97 Å². The summed E-state index contributed by atoms with van der Waals surface area (Å²) in [6.45, 7) is -0.244. The molecule has 0 atom stereocenters. The first kappa shape index (κ1) is 12.4. The fourth-order valence-corrected chi connectivity index (χ4v) is 1.46. The summed E-state index contributed by atoms with van der Waals surface area (Å²) in [7, 11) is 1.52. The van der Waals surface area contributed by atoms with Gasteiger partial charge in [0.15, 0.2) is 6.61 Å². The highest BCUT2D eigenvalue weighted by Crippen LogP contribution is 2.18. The molecule has 0 aromatic heterocycles. The summed E-state index contributed by atoms with van der Waals surface area (Å²) in [4.78, 5) is 23.0. The molecule has 1 N–H and O–H groups in total. The van der Waals surface area contributed by atoms with E-state index in [-0.39, 0.29) is 18.6 Å². The summed E-state index contributed by atoms with van der Waals surface area (Å²) >= 11 is 0. The van der Waals surface area contributed by atoms with Gasteiger partial charge in [-0.2, -0.15) is 0 Å². The molecule has 0 saturated heterocycles. The molecule has 1 amide bonds. The number of carbonyl (C=O) groups excluding carboxylic acids is 2. The topological polar surface area (TPSA) is 64.6 Å². The van der Waals surface area contributed by atoms with Gasteiger partial charge in [0, 0.05) is 6.04 Å². The number of benzene rings is 1. The third-order valence-corrected chi connectivity index (χ3v) is 2.58. The van der Waals surface area contributed by atoms with Gasteiger partial charge in [-0.1, -0.05) is 6.07 Å². The first-order valence-corrected chi connectivity index (χ1v) is 5.79. The van der Waals surface area contributed by atoms with Gasteiger partial charge in [0.05, 0.1) is 12.7 Å². The Morgan fingerprint density at radius 3 is 2.83 bits per heavy atom. The SMILES string of the molecule is COc1cccc(C(=O)OCC(=O)NC2CC2)c1. The van der Waals surface area contributed by atoms with Gasteiger partial charge in [0.1, 0.15) is 5.75 Å². The van der Waals surface area contributed by atoms with Crippen molar-refractivity contribution in [2.75, 3.05) is 13.7 Å². The smallest absolute Gasteiger partial charge is 0.338 e. The second-order valence-electron chi connectivity index (χ2n) is 4.15. The van der Waals surface area contributed by atoms with Crippen LogP contribution in [0.4, 0.5) is 0 Å². The summed E-state index contributed by atoms with van der Waals surface area (Å²) in [5.41, 5.74) is 0.369. The maximum atomic E-state index is 11.7. The molecule has 1 saturated carbocycles. The number of rotatable bonds is 5. The van der Waals surface area contributed by atoms with Crippen LogP contribution in [0.3, 0.4) is 0 Å². The van der Waals surface area contributed by atoms with Crippen LogP contribution in [0.5, 0.6) is 5.75 Å². The van der Waals surface area contributed by atoms with Crippen molar-refractivity contribution in [3.05, 3.63) is 29.8 Å². The largest absolute Gasteiger partial charge is 0.497 e. The Kier molecular flexibility index (Phi) is 3.82. The minimum absolute atomic E-state index is 0.244. The van der Waals surface area contributed by atoms with Gasteiger partial charge in [-0.05, 0) is 31.0 Å². The molecule has 0 bridgehead atoms. The molecule has 0 aliphatic heterocycles. The summed E-state index contributed by atoms with van der Waals surface area (Å²) in [6.07, 6.45) is 2.02. The molecule has 18 heavy (non-hydrogen) atoms. The van der Waals surface area contributed by atoms with Crippen LogP contribution >= 0.6 is 0 Å². The van der Waals surface area contributed by atoms with E-state index in [1.807, 2.05) is 0 Å². The molecule has 0 heterocycles. The third kappa shape index (κ3) is 3.48. The minimum atomic E-state index is -0.528. The predicted octanol–water partition coefficient (Wildman–Crippen LogP) is 1.13. The number of hydrogen-bond donors (Lipinski definition) is 1. The van der Waals surface area contributed by atoms with E-state index in [2.05, 4.69) is 5.32 Å². The minimum Gasteiger partial charge on any atom is -0.497 e. The molecule has 2 rings (SSSR count). The monoisotopic (exact) mass is 249 g/mol. The maximum absolute atomic E-state index is 11.7. The highest BCUT2D eigenvalue weighted by molar-refractivity contribution is 5.91. The predicted molar refractivity (Wildman–Crippen MR) is 64.4 cm³/mol. The highest BCUT2D eigenvalue weighted by Gasteiger charge is 2.23. The van der Waals surface area contributed by atoms with E-state index in [1.165, 1.54) is 7.11 Å². The van der Waals surface area contributed by atoms with Crippen molar-refractivity contribution >= 4 is 11.9 Å². The summed E-state index contributed by atoms with van der Waals surface area (Å²) in [5, 5.41) is 2.74. The summed E-state index contributed by atoms with van der Waals surface area (Å²) in [5.74, 6) is -0.208. The number of carbonyl (C=O) groups is 2. The molecule has 1 fully saturated rings. The van der Waals surface area contributed by atoms with Crippen molar-refractivity contribution in [2.45, 2.75) is 18.9 Å². The van der Waals surface area contributed by atoms with Crippen molar-refractivity contribution in [1.29, 1.82) is 0 Å². The standard InChI is InChI=1S/C13H15NO4/c1-17-11-4-2-3-9(7-11)13(16)18-8-12(15)14-10-5-6-10/h2-4,7,10H,5-6,8H2,1H3,(H,14,15). The lowest BCUT2D eigenvalue weighted by molar-refractivity contribution is -0.124. The molecular formula is C13H15NO4. The van der Waals surface area contributed by atoms with Crippen molar-refractivity contribution in [3.63, 3.8) is 0 Å². The van der Waals surface area contributed by atoms with E-state index >= 15 is 0 Å². The fraction of sp³-hybridized carbons (Fsp3) is 0.385. The number of ether oxygens (including phenoxy) is 2. The number of hydrogen-bond acceptors (Lipinski definition) is 4. The van der Waals surface area contributed by atoms with E-state index in [0.29, 0.717) is 11.3 Å². The first-order valence-electron chi connectivity index (χ1n) is 5.79. The van der Waals surface area contributed by atoms with E-state index in [1.54, 1.807) is 24.3 Å². The quantitative estimate of drug-likeness (QED) is 0.794. The molecule has 1 aromatic rings. The lowest BCUT2D eigenvalue weighted by Gasteiger charge is -2.06. The summed E-state index contributed by atoms with van der Waals surface area (Å²) < 4.78 is 9.92. The van der Waals surface area contributed by atoms with Crippen molar-refractivity contribution in [1.82, 2.24) is 5.32 Å². The molecular weight excluding hydrogens is 234 g/mol. The average Bonchev–Trinajstić information content (AvgIpc) is 3.20. The van der Waals surface area contributed by atoms with Crippen molar-refractivity contribution < 1.29 is 19.1 Å². The van der Waals surface area contributed by atoms with Crippen LogP contribution in [0.25, 0.3) is 0 Å². The lowest BCUT2D eigenvalue weighted by Crippen LogP contribution is -2.30. The normalized spacial score (nSPS) is 13.8. The van der Waals surface area contributed by atoms with Crippen LogP contribution in [0.1, 0.15) is 23.2 Å². The second kappa shape index (κ2) is 5.53. The van der Waals surface area contributed by atoms with Crippen LogP contribution in [0, 0.1) is 0 Å². The van der Waals surface area contributed by atoms with Crippen LogP contribution in [0.15, 0.2) is 24.3 Å². The van der Waals surface area contributed by atoms with Gasteiger partial charge in [-0.25, -0.2) is 4.79 Å². The van der Waals surface area contributed by atoms with Gasteiger partial charge in [0.25, 0.3) is 5.91 Å². The Morgan fingerprint density at radius 2 is 2.17 bits per heavy atom.